The minimum atomic E-state index is 0. The normalized spacial score (nSPS) is 28.9. The first-order valence-electron chi connectivity index (χ1n) is 8.31. The second-order valence-electron chi connectivity index (χ2n) is 7.48. The maximum atomic E-state index is 3.47. The Bertz CT molecular complexity index is 671. The van der Waals surface area contributed by atoms with Crippen LogP contribution < -0.4 is 4.90 Å². The first-order chi connectivity index (χ1) is 10.6. The third-order valence-electron chi connectivity index (χ3n) is 5.64. The molecule has 0 aromatic heterocycles. The van der Waals surface area contributed by atoms with E-state index >= 15 is 0 Å². The molecule has 1 saturated carbocycles. The summed E-state index contributed by atoms with van der Waals surface area (Å²) in [6.07, 6.45) is 5.20. The third kappa shape index (κ3) is 2.95. The molecule has 3 fully saturated rings. The van der Waals surface area contributed by atoms with E-state index in [2.05, 4.69) is 79.9 Å². The Hall–Kier alpha value is -1.24. The fraction of sp³-hybridized carbons (Fsp3) is 0.381. The molecule has 2 aromatic rings. The second-order valence-corrected chi connectivity index (χ2v) is 7.48. The van der Waals surface area contributed by atoms with Crippen LogP contribution in [0.15, 0.2) is 48.5 Å². The molecule has 2 bridgehead atoms. The van der Waals surface area contributed by atoms with Crippen molar-refractivity contribution in [3.63, 3.8) is 0 Å². The zero-order valence-corrected chi connectivity index (χ0v) is 16.2. The molecule has 0 N–H and O–H groups in total. The molecule has 0 atom stereocenters. The number of fused-ring (bicyclic) bond motifs is 3. The van der Waals surface area contributed by atoms with Gasteiger partial charge in [0.05, 0.1) is 5.54 Å². The molecule has 0 spiro atoms. The van der Waals surface area contributed by atoms with Crippen LogP contribution in [0.2, 0.25) is 0 Å². The average molecular weight is 482 g/mol. The van der Waals surface area contributed by atoms with Gasteiger partial charge in [0.2, 0.25) is 0 Å². The van der Waals surface area contributed by atoms with Gasteiger partial charge in [0.25, 0.3) is 0 Å². The number of nitrogens with zero attached hydrogens (tertiary/aromatic N) is 1. The summed E-state index contributed by atoms with van der Waals surface area (Å²) in [6.45, 7) is 7.28. The van der Waals surface area contributed by atoms with Gasteiger partial charge in [-0.3, -0.25) is 0 Å². The summed E-state index contributed by atoms with van der Waals surface area (Å²) in [5, 5.41) is 0. The summed E-state index contributed by atoms with van der Waals surface area (Å²) in [5.41, 5.74) is 4.40. The fourth-order valence-corrected chi connectivity index (χ4v) is 3.96. The Labute approximate surface area is 153 Å². The minimum Gasteiger partial charge on any atom is -0.232 e. The standard InChI is InChI=1S/C21H23N.Ir/c1-20-11-13-21(2,14-12-20)22(16-20)19-10-6-9-18(15-19)17-7-4-3-5-8-17;/h3-9,15-16H,11-14H2,1-2H3;. The zero-order chi connectivity index (χ0) is 15.2. The molecule has 0 amide bonds. The van der Waals surface area contributed by atoms with Crippen LogP contribution in [0.4, 0.5) is 5.69 Å². The Morgan fingerprint density at radius 3 is 2.35 bits per heavy atom. The first-order valence-corrected chi connectivity index (χ1v) is 8.31. The van der Waals surface area contributed by atoms with Gasteiger partial charge in [-0.15, -0.1) is 11.6 Å². The predicted molar refractivity (Wildman–Crippen MR) is 92.5 cm³/mol. The second kappa shape index (κ2) is 6.00. The van der Waals surface area contributed by atoms with Crippen LogP contribution in [-0.4, -0.2) is 5.54 Å². The summed E-state index contributed by atoms with van der Waals surface area (Å²) >= 11 is 0. The molecular weight excluding hydrogens is 458 g/mol. The van der Waals surface area contributed by atoms with Crippen LogP contribution in [0.5, 0.6) is 0 Å². The van der Waals surface area contributed by atoms with Gasteiger partial charge >= 0.3 is 0 Å². The van der Waals surface area contributed by atoms with Crippen molar-refractivity contribution in [3.8, 4) is 11.1 Å². The van der Waals surface area contributed by atoms with Gasteiger partial charge in [0, 0.05) is 20.1 Å². The largest absolute Gasteiger partial charge is 0.232 e. The zero-order valence-electron chi connectivity index (χ0n) is 13.8. The van der Waals surface area contributed by atoms with Gasteiger partial charge in [0.15, 0.2) is 6.54 Å². The van der Waals surface area contributed by atoms with Gasteiger partial charge in [-0.25, -0.2) is 4.90 Å². The number of benzene rings is 2. The number of hydrogen-bond donors (Lipinski definition) is 0. The SMILES string of the molecule is CC12[CH+]N(c3[c-]ccc(-c4ccccc4)c3)C(C)(CC1)CC2.[Ir]. The number of hydrogen-bond acceptors (Lipinski definition) is 1. The maximum Gasteiger partial charge on any atom is 0.187 e. The molecule has 1 radical (unpaired) electrons. The molecule has 2 aromatic carbocycles. The van der Waals surface area contributed by atoms with E-state index in [1.807, 2.05) is 0 Å². The molecule has 121 valence electrons. The van der Waals surface area contributed by atoms with Crippen molar-refractivity contribution in [2.45, 2.75) is 45.1 Å². The van der Waals surface area contributed by atoms with Crippen LogP contribution in [0, 0.1) is 18.0 Å². The summed E-state index contributed by atoms with van der Waals surface area (Å²) in [6, 6.07) is 20.6. The molecule has 1 aliphatic carbocycles. The van der Waals surface area contributed by atoms with E-state index in [4.69, 9.17) is 0 Å². The van der Waals surface area contributed by atoms with E-state index in [0.29, 0.717) is 5.41 Å². The van der Waals surface area contributed by atoms with E-state index < -0.39 is 0 Å². The van der Waals surface area contributed by atoms with E-state index in [1.54, 1.807) is 0 Å². The Balaban J connectivity index is 0.00000156. The Morgan fingerprint density at radius 1 is 0.957 bits per heavy atom. The van der Waals surface area contributed by atoms with Crippen molar-refractivity contribution < 1.29 is 20.1 Å². The molecule has 2 saturated heterocycles. The number of anilines is 1. The van der Waals surface area contributed by atoms with E-state index in [-0.39, 0.29) is 25.6 Å². The molecule has 23 heavy (non-hydrogen) atoms. The number of piperidine rings is 2. The summed E-state index contributed by atoms with van der Waals surface area (Å²) in [4.78, 5) is 2.51. The van der Waals surface area contributed by atoms with Crippen LogP contribution in [0.25, 0.3) is 11.1 Å². The van der Waals surface area contributed by atoms with Crippen LogP contribution >= 0.6 is 0 Å². The van der Waals surface area contributed by atoms with Crippen molar-refractivity contribution in [2.75, 3.05) is 4.90 Å². The molecular formula is C21H23IrN. The van der Waals surface area contributed by atoms with Crippen molar-refractivity contribution in [2.24, 2.45) is 5.41 Å². The Kier molecular flexibility index (Phi) is 4.33. The monoisotopic (exact) mass is 482 g/mol. The number of rotatable bonds is 2. The quantitative estimate of drug-likeness (QED) is 0.514. The minimum absolute atomic E-state index is 0. The summed E-state index contributed by atoms with van der Waals surface area (Å²) in [7, 11) is 0. The van der Waals surface area contributed by atoms with E-state index in [9.17, 15) is 0 Å². The van der Waals surface area contributed by atoms with Gasteiger partial charge in [-0.1, -0.05) is 30.3 Å². The van der Waals surface area contributed by atoms with Crippen molar-refractivity contribution in [1.82, 2.24) is 0 Å². The van der Waals surface area contributed by atoms with Gasteiger partial charge in [-0.05, 0) is 50.8 Å². The Morgan fingerprint density at radius 2 is 1.65 bits per heavy atom. The van der Waals surface area contributed by atoms with Gasteiger partial charge in [0.1, 0.15) is 5.41 Å². The molecule has 3 aliphatic rings. The molecule has 2 heterocycles. The first kappa shape index (κ1) is 16.6. The summed E-state index contributed by atoms with van der Waals surface area (Å²) < 4.78 is 0. The van der Waals surface area contributed by atoms with Gasteiger partial charge < -0.3 is 0 Å². The van der Waals surface area contributed by atoms with Crippen molar-refractivity contribution in [1.29, 1.82) is 0 Å². The summed E-state index contributed by atoms with van der Waals surface area (Å²) in [5.74, 6) is 0. The van der Waals surface area contributed by atoms with E-state index in [0.717, 1.165) is 0 Å². The predicted octanol–water partition coefficient (Wildman–Crippen LogP) is 5.47. The topological polar surface area (TPSA) is 3.24 Å². The molecule has 2 heteroatoms. The molecule has 2 aliphatic heterocycles. The fourth-order valence-electron chi connectivity index (χ4n) is 3.96. The van der Waals surface area contributed by atoms with Crippen LogP contribution in [-0.2, 0) is 20.1 Å². The van der Waals surface area contributed by atoms with Gasteiger partial charge in [-0.2, -0.15) is 18.2 Å². The van der Waals surface area contributed by atoms with Crippen LogP contribution in [0.3, 0.4) is 0 Å². The maximum absolute atomic E-state index is 3.47. The van der Waals surface area contributed by atoms with Crippen LogP contribution in [0.1, 0.15) is 39.5 Å². The van der Waals surface area contributed by atoms with Crippen molar-refractivity contribution >= 4 is 5.69 Å². The molecule has 0 unspecified atom stereocenters. The average Bonchev–Trinajstić information content (AvgIpc) is 2.57. The third-order valence-corrected chi connectivity index (χ3v) is 5.64. The van der Waals surface area contributed by atoms with E-state index in [1.165, 1.54) is 42.5 Å². The van der Waals surface area contributed by atoms with Crippen molar-refractivity contribution in [3.05, 3.63) is 61.1 Å². The molecule has 1 nitrogen and oxygen atoms in total. The smallest absolute Gasteiger partial charge is 0.187 e. The molecule has 5 rings (SSSR count).